The van der Waals surface area contributed by atoms with Crippen molar-refractivity contribution in [2.75, 3.05) is 0 Å². The molecule has 0 saturated heterocycles. The maximum atomic E-state index is 10.1. The molecule has 0 bridgehead atoms. The molecule has 1 aromatic rings. The van der Waals surface area contributed by atoms with Gasteiger partial charge in [0.15, 0.2) is 0 Å². The molecule has 2 unspecified atom stereocenters. The maximum absolute atomic E-state index is 10.1. The van der Waals surface area contributed by atoms with Gasteiger partial charge in [0.05, 0.1) is 6.10 Å². The third kappa shape index (κ3) is 4.05. The standard InChI is InChI=1S/C14H22O/c1-11(2)9-10-12(3)14(15)13-7-5-4-6-8-13/h4-8,11-12,14-15H,9-10H2,1-3H3. The van der Waals surface area contributed by atoms with E-state index in [1.165, 1.54) is 6.42 Å². The third-order valence-corrected chi connectivity index (χ3v) is 2.88. The summed E-state index contributed by atoms with van der Waals surface area (Å²) in [6, 6.07) is 9.93. The fraction of sp³-hybridized carbons (Fsp3) is 0.571. The van der Waals surface area contributed by atoms with E-state index in [-0.39, 0.29) is 6.10 Å². The van der Waals surface area contributed by atoms with Crippen LogP contribution in [0.15, 0.2) is 30.3 Å². The second-order valence-corrected chi connectivity index (χ2v) is 4.80. The molecule has 1 N–H and O–H groups in total. The Bertz CT molecular complexity index is 266. The summed E-state index contributed by atoms with van der Waals surface area (Å²) < 4.78 is 0. The van der Waals surface area contributed by atoms with Crippen molar-refractivity contribution in [1.29, 1.82) is 0 Å². The third-order valence-electron chi connectivity index (χ3n) is 2.88. The van der Waals surface area contributed by atoms with E-state index in [1.54, 1.807) is 0 Å². The van der Waals surface area contributed by atoms with Gasteiger partial charge < -0.3 is 5.11 Å². The first-order valence-electron chi connectivity index (χ1n) is 5.84. The summed E-state index contributed by atoms with van der Waals surface area (Å²) >= 11 is 0. The molecule has 0 saturated carbocycles. The van der Waals surface area contributed by atoms with Crippen LogP contribution in [-0.4, -0.2) is 5.11 Å². The van der Waals surface area contributed by atoms with Gasteiger partial charge in [0.25, 0.3) is 0 Å². The molecule has 0 heterocycles. The van der Waals surface area contributed by atoms with Crippen molar-refractivity contribution in [3.05, 3.63) is 35.9 Å². The lowest BCUT2D eigenvalue weighted by Gasteiger charge is -2.19. The Morgan fingerprint density at radius 2 is 1.60 bits per heavy atom. The summed E-state index contributed by atoms with van der Waals surface area (Å²) in [4.78, 5) is 0. The van der Waals surface area contributed by atoms with Gasteiger partial charge >= 0.3 is 0 Å². The van der Waals surface area contributed by atoms with Crippen LogP contribution >= 0.6 is 0 Å². The maximum Gasteiger partial charge on any atom is 0.0815 e. The normalized spacial score (nSPS) is 15.3. The van der Waals surface area contributed by atoms with Crippen molar-refractivity contribution in [1.82, 2.24) is 0 Å². The molecule has 0 amide bonds. The number of hydrogen-bond acceptors (Lipinski definition) is 1. The van der Waals surface area contributed by atoms with Crippen LogP contribution in [0, 0.1) is 11.8 Å². The van der Waals surface area contributed by atoms with Crippen molar-refractivity contribution in [3.63, 3.8) is 0 Å². The Labute approximate surface area is 93.1 Å². The Morgan fingerprint density at radius 1 is 1.00 bits per heavy atom. The van der Waals surface area contributed by atoms with Gasteiger partial charge in [0, 0.05) is 0 Å². The molecule has 0 aliphatic carbocycles. The van der Waals surface area contributed by atoms with Crippen LogP contribution in [-0.2, 0) is 0 Å². The van der Waals surface area contributed by atoms with E-state index in [0.717, 1.165) is 17.9 Å². The zero-order chi connectivity index (χ0) is 11.3. The zero-order valence-electron chi connectivity index (χ0n) is 9.98. The number of benzene rings is 1. The molecule has 84 valence electrons. The molecule has 0 fully saturated rings. The second-order valence-electron chi connectivity index (χ2n) is 4.80. The molecule has 15 heavy (non-hydrogen) atoms. The monoisotopic (exact) mass is 206 g/mol. The van der Waals surface area contributed by atoms with E-state index < -0.39 is 0 Å². The van der Waals surface area contributed by atoms with E-state index >= 15 is 0 Å². The van der Waals surface area contributed by atoms with Crippen LogP contribution in [0.25, 0.3) is 0 Å². The SMILES string of the molecule is CC(C)CCC(C)C(O)c1ccccc1. The van der Waals surface area contributed by atoms with Crippen LogP contribution in [0.1, 0.15) is 45.3 Å². The van der Waals surface area contributed by atoms with E-state index in [0.29, 0.717) is 5.92 Å². The quantitative estimate of drug-likeness (QED) is 0.777. The van der Waals surface area contributed by atoms with Gasteiger partial charge in [-0.15, -0.1) is 0 Å². The van der Waals surface area contributed by atoms with Crippen molar-refractivity contribution in [2.24, 2.45) is 11.8 Å². The largest absolute Gasteiger partial charge is 0.388 e. The smallest absolute Gasteiger partial charge is 0.0815 e. The molecule has 0 aromatic heterocycles. The molecule has 0 spiro atoms. The summed E-state index contributed by atoms with van der Waals surface area (Å²) in [5.41, 5.74) is 1.04. The van der Waals surface area contributed by atoms with Crippen LogP contribution in [0.3, 0.4) is 0 Å². The zero-order valence-corrected chi connectivity index (χ0v) is 9.98. The van der Waals surface area contributed by atoms with Gasteiger partial charge in [-0.3, -0.25) is 0 Å². The minimum atomic E-state index is -0.315. The van der Waals surface area contributed by atoms with E-state index in [4.69, 9.17) is 0 Å². The summed E-state index contributed by atoms with van der Waals surface area (Å²) in [5.74, 6) is 1.06. The van der Waals surface area contributed by atoms with E-state index in [2.05, 4.69) is 20.8 Å². The van der Waals surface area contributed by atoms with Crippen molar-refractivity contribution in [2.45, 2.75) is 39.7 Å². The van der Waals surface area contributed by atoms with Crippen molar-refractivity contribution in [3.8, 4) is 0 Å². The number of rotatable bonds is 5. The molecular formula is C14H22O. The molecule has 1 heteroatoms. The van der Waals surface area contributed by atoms with Gasteiger partial charge in [-0.2, -0.15) is 0 Å². The average molecular weight is 206 g/mol. The summed E-state index contributed by atoms with van der Waals surface area (Å²) in [6.45, 7) is 6.57. The lowest BCUT2D eigenvalue weighted by Crippen LogP contribution is -2.10. The van der Waals surface area contributed by atoms with E-state index in [9.17, 15) is 5.11 Å². The second kappa shape index (κ2) is 5.92. The van der Waals surface area contributed by atoms with Gasteiger partial charge in [-0.05, 0) is 23.8 Å². The van der Waals surface area contributed by atoms with Crippen LogP contribution in [0.4, 0.5) is 0 Å². The number of hydrogen-bond donors (Lipinski definition) is 1. The first-order valence-corrected chi connectivity index (χ1v) is 5.84. The fourth-order valence-corrected chi connectivity index (χ4v) is 1.73. The summed E-state index contributed by atoms with van der Waals surface area (Å²) in [7, 11) is 0. The van der Waals surface area contributed by atoms with Gasteiger partial charge in [-0.1, -0.05) is 57.5 Å². The predicted molar refractivity (Wildman–Crippen MR) is 64.6 cm³/mol. The molecule has 1 aromatic carbocycles. The lowest BCUT2D eigenvalue weighted by atomic mass is 9.91. The minimum absolute atomic E-state index is 0.315. The lowest BCUT2D eigenvalue weighted by molar-refractivity contribution is 0.109. The molecule has 0 aliphatic rings. The Balaban J connectivity index is 2.49. The van der Waals surface area contributed by atoms with Crippen LogP contribution in [0.5, 0.6) is 0 Å². The molecule has 0 aliphatic heterocycles. The van der Waals surface area contributed by atoms with Gasteiger partial charge in [0.2, 0.25) is 0 Å². The molecule has 0 radical (unpaired) electrons. The van der Waals surface area contributed by atoms with Gasteiger partial charge in [0.1, 0.15) is 0 Å². The van der Waals surface area contributed by atoms with E-state index in [1.807, 2.05) is 30.3 Å². The highest BCUT2D eigenvalue weighted by atomic mass is 16.3. The highest BCUT2D eigenvalue weighted by molar-refractivity contribution is 5.17. The topological polar surface area (TPSA) is 20.2 Å². The molecule has 2 atom stereocenters. The van der Waals surface area contributed by atoms with Crippen LogP contribution < -0.4 is 0 Å². The first-order chi connectivity index (χ1) is 7.11. The predicted octanol–water partition coefficient (Wildman–Crippen LogP) is 3.79. The fourth-order valence-electron chi connectivity index (χ4n) is 1.73. The van der Waals surface area contributed by atoms with Crippen LogP contribution in [0.2, 0.25) is 0 Å². The number of aliphatic hydroxyl groups excluding tert-OH is 1. The minimum Gasteiger partial charge on any atom is -0.388 e. The number of aliphatic hydroxyl groups is 1. The highest BCUT2D eigenvalue weighted by Gasteiger charge is 2.15. The first kappa shape index (κ1) is 12.3. The van der Waals surface area contributed by atoms with Gasteiger partial charge in [-0.25, -0.2) is 0 Å². The highest BCUT2D eigenvalue weighted by Crippen LogP contribution is 2.26. The summed E-state index contributed by atoms with van der Waals surface area (Å²) in [6.07, 6.45) is 1.96. The average Bonchev–Trinajstić information content (AvgIpc) is 2.26. The Kier molecular flexibility index (Phi) is 4.83. The Hall–Kier alpha value is -0.820. The molecular weight excluding hydrogens is 184 g/mol. The van der Waals surface area contributed by atoms with Crippen molar-refractivity contribution < 1.29 is 5.11 Å². The van der Waals surface area contributed by atoms with Crippen molar-refractivity contribution >= 4 is 0 Å². The molecule has 1 nitrogen and oxygen atoms in total. The molecule has 1 rings (SSSR count). The Morgan fingerprint density at radius 3 is 2.13 bits per heavy atom. The summed E-state index contributed by atoms with van der Waals surface area (Å²) in [5, 5.41) is 10.1.